The molecular formula is C11H13N5O3. The molecule has 0 aromatic carbocycles. The van der Waals surface area contributed by atoms with Gasteiger partial charge in [0.25, 0.3) is 0 Å². The Kier molecular flexibility index (Phi) is 3.32. The Bertz CT molecular complexity index is 687. The van der Waals surface area contributed by atoms with Crippen LogP contribution in [0.1, 0.15) is 0 Å². The van der Waals surface area contributed by atoms with Gasteiger partial charge in [-0.25, -0.2) is 9.48 Å². The van der Waals surface area contributed by atoms with Crippen molar-refractivity contribution in [2.24, 2.45) is 5.73 Å². The number of amides is 2. The molecule has 2 rings (SSSR count). The number of likely N-dealkylation sites (N-methyl/N-ethyl adjacent to an activating group) is 1. The summed E-state index contributed by atoms with van der Waals surface area (Å²) in [5.41, 5.74) is 5.04. The van der Waals surface area contributed by atoms with Crippen LogP contribution < -0.4 is 11.4 Å². The average molecular weight is 263 g/mol. The Balaban J connectivity index is 2.22. The first-order valence-electron chi connectivity index (χ1n) is 5.55. The van der Waals surface area contributed by atoms with Crippen LogP contribution in [-0.4, -0.2) is 44.5 Å². The molecule has 0 bridgehead atoms. The van der Waals surface area contributed by atoms with Crippen molar-refractivity contribution < 1.29 is 9.59 Å². The van der Waals surface area contributed by atoms with Gasteiger partial charge in [-0.1, -0.05) is 6.07 Å². The van der Waals surface area contributed by atoms with E-state index >= 15 is 0 Å². The molecule has 0 unspecified atom stereocenters. The highest BCUT2D eigenvalue weighted by atomic mass is 16.2. The number of nitrogens with zero attached hydrogens (tertiary/aromatic N) is 4. The van der Waals surface area contributed by atoms with Crippen LogP contribution in [0.15, 0.2) is 29.2 Å². The van der Waals surface area contributed by atoms with Crippen LogP contribution in [0.4, 0.5) is 0 Å². The number of nitrogens with two attached hydrogens (primary N) is 1. The van der Waals surface area contributed by atoms with Crippen molar-refractivity contribution in [2.75, 3.05) is 13.6 Å². The Labute approximate surface area is 108 Å². The highest BCUT2D eigenvalue weighted by Crippen LogP contribution is 1.96. The summed E-state index contributed by atoms with van der Waals surface area (Å²) in [7, 11) is 1.44. The lowest BCUT2D eigenvalue weighted by Crippen LogP contribution is -2.39. The first-order valence-corrected chi connectivity index (χ1v) is 5.55. The lowest BCUT2D eigenvalue weighted by Gasteiger charge is -2.14. The number of hydrogen-bond donors (Lipinski definition) is 1. The fourth-order valence-corrected chi connectivity index (χ4v) is 1.64. The maximum atomic E-state index is 11.9. The summed E-state index contributed by atoms with van der Waals surface area (Å²) in [6, 6.07) is 5.10. The van der Waals surface area contributed by atoms with Gasteiger partial charge in [-0.2, -0.15) is 0 Å². The van der Waals surface area contributed by atoms with Gasteiger partial charge in [0.15, 0.2) is 5.65 Å². The lowest BCUT2D eigenvalue weighted by atomic mass is 10.4. The molecule has 0 spiro atoms. The van der Waals surface area contributed by atoms with E-state index in [1.807, 2.05) is 0 Å². The van der Waals surface area contributed by atoms with Gasteiger partial charge < -0.3 is 10.6 Å². The van der Waals surface area contributed by atoms with E-state index in [9.17, 15) is 14.4 Å². The summed E-state index contributed by atoms with van der Waals surface area (Å²) in [6.07, 6.45) is 1.57. The zero-order valence-electron chi connectivity index (χ0n) is 10.3. The van der Waals surface area contributed by atoms with Gasteiger partial charge in [0.2, 0.25) is 11.8 Å². The second-order valence-electron chi connectivity index (χ2n) is 4.09. The number of hydrogen-bond acceptors (Lipinski definition) is 4. The molecule has 0 radical (unpaired) electrons. The number of carbonyl (C=O) groups is 2. The third kappa shape index (κ3) is 2.62. The quantitative estimate of drug-likeness (QED) is 0.720. The number of primary amides is 1. The summed E-state index contributed by atoms with van der Waals surface area (Å²) < 4.78 is 2.39. The van der Waals surface area contributed by atoms with Crippen LogP contribution >= 0.6 is 0 Å². The zero-order valence-corrected chi connectivity index (χ0v) is 10.3. The van der Waals surface area contributed by atoms with Crippen LogP contribution in [-0.2, 0) is 16.1 Å². The molecule has 2 aromatic heterocycles. The van der Waals surface area contributed by atoms with E-state index < -0.39 is 17.5 Å². The molecule has 0 aliphatic carbocycles. The normalized spacial score (nSPS) is 10.6. The van der Waals surface area contributed by atoms with Crippen molar-refractivity contribution in [1.29, 1.82) is 0 Å². The summed E-state index contributed by atoms with van der Waals surface area (Å²) >= 11 is 0. The van der Waals surface area contributed by atoms with E-state index in [2.05, 4.69) is 5.10 Å². The third-order valence-electron chi connectivity index (χ3n) is 2.59. The molecule has 0 saturated carbocycles. The predicted molar refractivity (Wildman–Crippen MR) is 66.3 cm³/mol. The largest absolute Gasteiger partial charge is 0.368 e. The predicted octanol–water partition coefficient (Wildman–Crippen LogP) is -1.56. The number of fused-ring (bicyclic) bond motifs is 1. The second kappa shape index (κ2) is 4.92. The highest BCUT2D eigenvalue weighted by molar-refractivity contribution is 5.83. The van der Waals surface area contributed by atoms with Crippen molar-refractivity contribution in [2.45, 2.75) is 6.54 Å². The maximum absolute atomic E-state index is 11.9. The first-order chi connectivity index (χ1) is 8.99. The average Bonchev–Trinajstić information content (AvgIpc) is 2.66. The van der Waals surface area contributed by atoms with E-state index in [1.54, 1.807) is 24.4 Å². The topological polar surface area (TPSA) is 103 Å². The van der Waals surface area contributed by atoms with Gasteiger partial charge in [0.1, 0.15) is 6.54 Å². The van der Waals surface area contributed by atoms with Crippen molar-refractivity contribution in [1.82, 2.24) is 19.1 Å². The standard InChI is InChI=1S/C11H13N5O3/c1-14(6-8(12)17)10(18)7-16-11(19)15-5-3-2-4-9(15)13-16/h2-5H,6-7H2,1H3,(H2,12,17). The van der Waals surface area contributed by atoms with Crippen LogP contribution in [0.2, 0.25) is 0 Å². The molecule has 8 nitrogen and oxygen atoms in total. The minimum atomic E-state index is -0.613. The molecule has 100 valence electrons. The van der Waals surface area contributed by atoms with E-state index in [0.717, 1.165) is 9.58 Å². The van der Waals surface area contributed by atoms with Crippen LogP contribution in [0.5, 0.6) is 0 Å². The molecule has 0 fully saturated rings. The van der Waals surface area contributed by atoms with Gasteiger partial charge in [-0.3, -0.25) is 14.0 Å². The summed E-state index contributed by atoms with van der Waals surface area (Å²) in [5, 5.41) is 4.02. The van der Waals surface area contributed by atoms with Crippen LogP contribution in [0.3, 0.4) is 0 Å². The summed E-state index contributed by atoms with van der Waals surface area (Å²) in [6.45, 7) is -0.425. The van der Waals surface area contributed by atoms with Crippen LogP contribution in [0, 0.1) is 0 Å². The molecule has 19 heavy (non-hydrogen) atoms. The fraction of sp³-hybridized carbons (Fsp3) is 0.273. The number of carbonyl (C=O) groups excluding carboxylic acids is 2. The number of aromatic nitrogens is 3. The molecular weight excluding hydrogens is 250 g/mol. The van der Waals surface area contributed by atoms with E-state index in [-0.39, 0.29) is 13.1 Å². The molecule has 2 N–H and O–H groups in total. The minimum Gasteiger partial charge on any atom is -0.368 e. The van der Waals surface area contributed by atoms with E-state index in [0.29, 0.717) is 5.65 Å². The molecule has 0 aliphatic rings. The third-order valence-corrected chi connectivity index (χ3v) is 2.59. The van der Waals surface area contributed by atoms with Crippen molar-refractivity contribution in [3.63, 3.8) is 0 Å². The molecule has 0 saturated heterocycles. The number of pyridine rings is 1. The SMILES string of the molecule is CN(CC(N)=O)C(=O)Cn1nc2ccccn2c1=O. The Morgan fingerprint density at radius 2 is 2.16 bits per heavy atom. The van der Waals surface area contributed by atoms with Gasteiger partial charge in [0, 0.05) is 13.2 Å². The smallest absolute Gasteiger partial charge is 0.350 e. The summed E-state index contributed by atoms with van der Waals surface area (Å²) in [4.78, 5) is 35.6. The highest BCUT2D eigenvalue weighted by Gasteiger charge is 2.15. The molecule has 0 aliphatic heterocycles. The second-order valence-corrected chi connectivity index (χ2v) is 4.09. The van der Waals surface area contributed by atoms with Gasteiger partial charge in [0.05, 0.1) is 6.54 Å². The number of rotatable bonds is 4. The molecule has 2 amide bonds. The Morgan fingerprint density at radius 3 is 2.79 bits per heavy atom. The monoisotopic (exact) mass is 263 g/mol. The van der Waals surface area contributed by atoms with Gasteiger partial charge in [-0.15, -0.1) is 5.10 Å². The van der Waals surface area contributed by atoms with Crippen LogP contribution in [0.25, 0.3) is 5.65 Å². The molecule has 8 heteroatoms. The van der Waals surface area contributed by atoms with Crippen molar-refractivity contribution >= 4 is 17.5 Å². The van der Waals surface area contributed by atoms with Gasteiger partial charge in [-0.05, 0) is 12.1 Å². The molecule has 2 heterocycles. The van der Waals surface area contributed by atoms with E-state index in [1.165, 1.54) is 11.4 Å². The summed E-state index contributed by atoms with van der Waals surface area (Å²) in [5.74, 6) is -1.03. The Hall–Kier alpha value is -2.64. The Morgan fingerprint density at radius 1 is 1.42 bits per heavy atom. The van der Waals surface area contributed by atoms with E-state index in [4.69, 9.17) is 5.73 Å². The zero-order chi connectivity index (χ0) is 14.0. The van der Waals surface area contributed by atoms with Gasteiger partial charge >= 0.3 is 5.69 Å². The minimum absolute atomic E-state index is 0.193. The fourth-order valence-electron chi connectivity index (χ4n) is 1.64. The molecule has 0 atom stereocenters. The first kappa shape index (κ1) is 12.8. The van der Waals surface area contributed by atoms with Crippen molar-refractivity contribution in [3.8, 4) is 0 Å². The maximum Gasteiger partial charge on any atom is 0.350 e. The molecule has 2 aromatic rings. The lowest BCUT2D eigenvalue weighted by molar-refractivity contribution is -0.134. The van der Waals surface area contributed by atoms with Crippen molar-refractivity contribution in [3.05, 3.63) is 34.9 Å².